The number of para-hydroxylation sites is 1. The fraction of sp³-hybridized carbons (Fsp3) is 0.227. The summed E-state index contributed by atoms with van der Waals surface area (Å²) in [6.45, 7) is 7.76. The van der Waals surface area contributed by atoms with Gasteiger partial charge in [-0.15, -0.1) is 0 Å². The molecule has 28 heavy (non-hydrogen) atoms. The lowest BCUT2D eigenvalue weighted by molar-refractivity contribution is -0.137. The minimum Gasteiger partial charge on any atom is -0.463 e. The van der Waals surface area contributed by atoms with Crippen molar-refractivity contribution >= 4 is 34.5 Å². The number of aryl methyl sites for hydroxylation is 3. The molecule has 0 radical (unpaired) electrons. The quantitative estimate of drug-likeness (QED) is 0.479. The van der Waals surface area contributed by atoms with E-state index in [9.17, 15) is 9.59 Å². The highest BCUT2D eigenvalue weighted by atomic mass is 35.5. The largest absolute Gasteiger partial charge is 0.463 e. The van der Waals surface area contributed by atoms with Crippen molar-refractivity contribution < 1.29 is 9.53 Å². The molecule has 3 aromatic rings. The van der Waals surface area contributed by atoms with Crippen molar-refractivity contribution in [2.75, 3.05) is 6.61 Å². The Kier molecular flexibility index (Phi) is 5.66. The first-order valence-electron chi connectivity index (χ1n) is 8.97. The summed E-state index contributed by atoms with van der Waals surface area (Å²) in [6, 6.07) is 9.19. The van der Waals surface area contributed by atoms with E-state index in [1.54, 1.807) is 36.6 Å². The monoisotopic (exact) mass is 396 g/mol. The minimum absolute atomic E-state index is 0.178. The van der Waals surface area contributed by atoms with E-state index in [2.05, 4.69) is 4.98 Å². The van der Waals surface area contributed by atoms with Gasteiger partial charge in [0, 0.05) is 11.1 Å². The fourth-order valence-corrected chi connectivity index (χ4v) is 3.45. The highest BCUT2D eigenvalue weighted by molar-refractivity contribution is 6.32. The molecule has 2 aromatic carbocycles. The second-order valence-electron chi connectivity index (χ2n) is 6.52. The molecule has 0 amide bonds. The third kappa shape index (κ3) is 3.71. The standard InChI is InChI=1S/C22H21ClN2O3/c1-5-28-20(26)10-9-16-11-17-19(12-18(16)23)24-15(4)25(22(17)27)21-13(2)7-6-8-14(21)3/h6-12H,5H2,1-4H3/b10-9+. The minimum atomic E-state index is -0.464. The van der Waals surface area contributed by atoms with Gasteiger partial charge in [-0.05, 0) is 62.6 Å². The first-order chi connectivity index (χ1) is 13.3. The van der Waals surface area contributed by atoms with Crippen LogP contribution in [0.15, 0.2) is 41.2 Å². The Hall–Kier alpha value is -2.92. The molecule has 144 valence electrons. The number of ether oxygens (including phenoxy) is 1. The number of carbonyl (C=O) groups excluding carboxylic acids is 1. The van der Waals surface area contributed by atoms with E-state index in [1.807, 2.05) is 32.0 Å². The van der Waals surface area contributed by atoms with Crippen LogP contribution in [0.2, 0.25) is 5.02 Å². The molecule has 0 fully saturated rings. The molecule has 3 rings (SSSR count). The van der Waals surface area contributed by atoms with Gasteiger partial charge in [-0.25, -0.2) is 9.78 Å². The molecule has 1 heterocycles. The van der Waals surface area contributed by atoms with Crippen molar-refractivity contribution in [2.45, 2.75) is 27.7 Å². The number of carbonyl (C=O) groups is 1. The van der Waals surface area contributed by atoms with Gasteiger partial charge in [0.2, 0.25) is 0 Å². The van der Waals surface area contributed by atoms with Crippen molar-refractivity contribution in [2.24, 2.45) is 0 Å². The zero-order chi connectivity index (χ0) is 20.4. The van der Waals surface area contributed by atoms with Gasteiger partial charge in [-0.2, -0.15) is 0 Å². The van der Waals surface area contributed by atoms with Gasteiger partial charge in [0.1, 0.15) is 5.82 Å². The Morgan fingerprint density at radius 3 is 2.54 bits per heavy atom. The van der Waals surface area contributed by atoms with Crippen LogP contribution in [-0.4, -0.2) is 22.1 Å². The number of benzene rings is 2. The summed E-state index contributed by atoms with van der Waals surface area (Å²) in [5.41, 5.74) is 3.70. The summed E-state index contributed by atoms with van der Waals surface area (Å²) in [6.07, 6.45) is 2.84. The molecule has 0 aliphatic rings. The average Bonchev–Trinajstić information content (AvgIpc) is 2.63. The first-order valence-corrected chi connectivity index (χ1v) is 9.35. The fourth-order valence-electron chi connectivity index (χ4n) is 3.23. The van der Waals surface area contributed by atoms with Gasteiger partial charge in [0.05, 0.1) is 23.2 Å². The topological polar surface area (TPSA) is 61.2 Å². The maximum atomic E-state index is 13.3. The van der Waals surface area contributed by atoms with Crippen molar-refractivity contribution in [1.82, 2.24) is 9.55 Å². The molecule has 0 spiro atoms. The van der Waals surface area contributed by atoms with Gasteiger partial charge in [-0.1, -0.05) is 29.8 Å². The molecule has 0 aliphatic carbocycles. The molecule has 1 aromatic heterocycles. The molecule has 0 N–H and O–H groups in total. The summed E-state index contributed by atoms with van der Waals surface area (Å²) >= 11 is 6.32. The molecule has 0 saturated carbocycles. The Bertz CT molecular complexity index is 1140. The molecule has 6 heteroatoms. The Labute approximate surface area is 168 Å². The predicted octanol–water partition coefficient (Wildman–Crippen LogP) is 4.54. The predicted molar refractivity (Wildman–Crippen MR) is 112 cm³/mol. The van der Waals surface area contributed by atoms with E-state index in [0.717, 1.165) is 16.8 Å². The number of hydrogen-bond acceptors (Lipinski definition) is 4. The third-order valence-electron chi connectivity index (χ3n) is 4.50. The van der Waals surface area contributed by atoms with E-state index in [-0.39, 0.29) is 12.2 Å². The zero-order valence-electron chi connectivity index (χ0n) is 16.2. The molecule has 0 aliphatic heterocycles. The van der Waals surface area contributed by atoms with Crippen molar-refractivity contribution in [1.29, 1.82) is 0 Å². The number of halogens is 1. The number of esters is 1. The van der Waals surface area contributed by atoms with Crippen LogP contribution < -0.4 is 5.56 Å². The van der Waals surface area contributed by atoms with Crippen LogP contribution in [0.3, 0.4) is 0 Å². The van der Waals surface area contributed by atoms with E-state index in [4.69, 9.17) is 16.3 Å². The molecule has 5 nitrogen and oxygen atoms in total. The van der Waals surface area contributed by atoms with Gasteiger partial charge in [-0.3, -0.25) is 9.36 Å². The van der Waals surface area contributed by atoms with E-state index in [0.29, 0.717) is 27.3 Å². The van der Waals surface area contributed by atoms with Crippen molar-refractivity contribution in [3.8, 4) is 5.69 Å². The molecular weight excluding hydrogens is 376 g/mol. The average molecular weight is 397 g/mol. The molecule has 0 unspecified atom stereocenters. The molecule has 0 atom stereocenters. The summed E-state index contributed by atoms with van der Waals surface area (Å²) < 4.78 is 6.51. The zero-order valence-corrected chi connectivity index (χ0v) is 17.0. The Balaban J connectivity index is 2.23. The summed E-state index contributed by atoms with van der Waals surface area (Å²) in [7, 11) is 0. The van der Waals surface area contributed by atoms with Crippen molar-refractivity contribution in [3.63, 3.8) is 0 Å². The van der Waals surface area contributed by atoms with Gasteiger partial charge < -0.3 is 4.74 Å². The number of hydrogen-bond donors (Lipinski definition) is 0. The number of aromatic nitrogens is 2. The molecule has 0 saturated heterocycles. The maximum absolute atomic E-state index is 13.3. The highest BCUT2D eigenvalue weighted by Crippen LogP contribution is 2.25. The van der Waals surface area contributed by atoms with Crippen LogP contribution in [-0.2, 0) is 9.53 Å². The van der Waals surface area contributed by atoms with Crippen molar-refractivity contribution in [3.05, 3.63) is 74.3 Å². The van der Waals surface area contributed by atoms with E-state index >= 15 is 0 Å². The highest BCUT2D eigenvalue weighted by Gasteiger charge is 2.15. The summed E-state index contributed by atoms with van der Waals surface area (Å²) in [4.78, 5) is 29.5. The van der Waals surface area contributed by atoms with Crippen LogP contribution in [0.5, 0.6) is 0 Å². The summed E-state index contributed by atoms with van der Waals surface area (Å²) in [5.74, 6) is 0.120. The maximum Gasteiger partial charge on any atom is 0.330 e. The lowest BCUT2D eigenvalue weighted by Gasteiger charge is -2.16. The van der Waals surface area contributed by atoms with Gasteiger partial charge >= 0.3 is 5.97 Å². The lowest BCUT2D eigenvalue weighted by Crippen LogP contribution is -2.24. The SMILES string of the molecule is CCOC(=O)/C=C/c1cc2c(=O)n(-c3c(C)cccc3C)c(C)nc2cc1Cl. The van der Waals surface area contributed by atoms with E-state index in [1.165, 1.54) is 6.08 Å². The number of fused-ring (bicyclic) bond motifs is 1. The Morgan fingerprint density at radius 2 is 1.89 bits per heavy atom. The smallest absolute Gasteiger partial charge is 0.330 e. The van der Waals surface area contributed by atoms with Crippen LogP contribution >= 0.6 is 11.6 Å². The third-order valence-corrected chi connectivity index (χ3v) is 4.83. The first kappa shape index (κ1) is 19.8. The lowest BCUT2D eigenvalue weighted by atomic mass is 10.1. The normalized spacial score (nSPS) is 11.3. The van der Waals surface area contributed by atoms with Crippen LogP contribution in [0.25, 0.3) is 22.7 Å². The second-order valence-corrected chi connectivity index (χ2v) is 6.92. The second kappa shape index (κ2) is 7.98. The number of nitrogens with zero attached hydrogens (tertiary/aromatic N) is 2. The van der Waals surface area contributed by atoms with Crippen LogP contribution in [0, 0.1) is 20.8 Å². The Morgan fingerprint density at radius 1 is 1.21 bits per heavy atom. The number of rotatable bonds is 4. The van der Waals surface area contributed by atoms with Crippen LogP contribution in [0.4, 0.5) is 0 Å². The van der Waals surface area contributed by atoms with Crippen LogP contribution in [0.1, 0.15) is 29.4 Å². The molecule has 0 bridgehead atoms. The molecular formula is C22H21ClN2O3. The summed E-state index contributed by atoms with van der Waals surface area (Å²) in [5, 5.41) is 0.838. The van der Waals surface area contributed by atoms with Gasteiger partial charge in [0.15, 0.2) is 0 Å². The van der Waals surface area contributed by atoms with Gasteiger partial charge in [0.25, 0.3) is 5.56 Å². The van der Waals surface area contributed by atoms with E-state index < -0.39 is 5.97 Å².